The predicted octanol–water partition coefficient (Wildman–Crippen LogP) is 0.446. The van der Waals surface area contributed by atoms with Gasteiger partial charge in [0.1, 0.15) is 5.82 Å². The molecule has 0 fully saturated rings. The fourth-order valence-electron chi connectivity index (χ4n) is 1.61. The predicted molar refractivity (Wildman–Crippen MR) is 73.8 cm³/mol. The lowest BCUT2D eigenvalue weighted by Gasteiger charge is -2.22. The second kappa shape index (κ2) is 8.66. The number of nitrogens with one attached hydrogen (secondary N) is 1. The molecule has 0 saturated carbocycles. The summed E-state index contributed by atoms with van der Waals surface area (Å²) in [6.45, 7) is 4.95. The number of hydrogen-bond donors (Lipinski definition) is 3. The summed E-state index contributed by atoms with van der Waals surface area (Å²) in [4.78, 5) is 10.6. The van der Waals surface area contributed by atoms with Crippen molar-refractivity contribution in [2.75, 3.05) is 43.0 Å². The molecule has 6 heteroatoms. The first kappa shape index (κ1) is 14.7. The van der Waals surface area contributed by atoms with Gasteiger partial charge in [0.05, 0.1) is 6.61 Å². The van der Waals surface area contributed by atoms with Crippen molar-refractivity contribution < 1.29 is 5.11 Å². The summed E-state index contributed by atoms with van der Waals surface area (Å²) in [6.07, 6.45) is 3.92. The van der Waals surface area contributed by atoms with E-state index < -0.39 is 0 Å². The van der Waals surface area contributed by atoms with Crippen molar-refractivity contribution in [3.05, 3.63) is 12.3 Å². The molecule has 6 nitrogen and oxygen atoms in total. The molecule has 4 N–H and O–H groups in total. The van der Waals surface area contributed by atoms with Gasteiger partial charge < -0.3 is 21.1 Å². The molecule has 1 aromatic rings. The Morgan fingerprint density at radius 3 is 2.94 bits per heavy atom. The van der Waals surface area contributed by atoms with Crippen molar-refractivity contribution in [3.63, 3.8) is 0 Å². The Bertz CT molecular complexity index is 334. The summed E-state index contributed by atoms with van der Waals surface area (Å²) in [7, 11) is 0. The van der Waals surface area contributed by atoms with E-state index in [0.717, 1.165) is 25.2 Å². The van der Waals surface area contributed by atoms with Gasteiger partial charge in [0.15, 0.2) is 0 Å². The normalized spacial score (nSPS) is 10.4. The molecule has 0 radical (unpaired) electrons. The van der Waals surface area contributed by atoms with E-state index in [-0.39, 0.29) is 6.61 Å². The minimum atomic E-state index is 0.124. The highest BCUT2D eigenvalue weighted by molar-refractivity contribution is 5.42. The maximum absolute atomic E-state index is 9.09. The maximum Gasteiger partial charge on any atom is 0.224 e. The van der Waals surface area contributed by atoms with Crippen LogP contribution < -0.4 is 16.0 Å². The van der Waals surface area contributed by atoms with Gasteiger partial charge >= 0.3 is 0 Å². The second-order valence-electron chi connectivity index (χ2n) is 4.02. The Balaban J connectivity index is 2.70. The van der Waals surface area contributed by atoms with Crippen LogP contribution in [-0.2, 0) is 0 Å². The molecule has 0 saturated heterocycles. The minimum Gasteiger partial charge on any atom is -0.395 e. The second-order valence-corrected chi connectivity index (χ2v) is 4.02. The van der Waals surface area contributed by atoms with E-state index in [1.807, 2.05) is 6.07 Å². The molecule has 0 unspecified atom stereocenters. The summed E-state index contributed by atoms with van der Waals surface area (Å²) >= 11 is 0. The number of unbranched alkanes of at least 4 members (excludes halogenated alkanes) is 1. The highest BCUT2D eigenvalue weighted by atomic mass is 16.3. The van der Waals surface area contributed by atoms with E-state index in [1.54, 1.807) is 6.20 Å². The zero-order chi connectivity index (χ0) is 13.2. The molecule has 0 amide bonds. The molecule has 0 aliphatic heterocycles. The number of nitrogens with zero attached hydrogens (tertiary/aromatic N) is 3. The van der Waals surface area contributed by atoms with Gasteiger partial charge in [-0.1, -0.05) is 13.3 Å². The zero-order valence-corrected chi connectivity index (χ0v) is 11.0. The van der Waals surface area contributed by atoms with Crippen LogP contribution in [-0.4, -0.2) is 47.9 Å². The number of aromatic nitrogens is 2. The van der Waals surface area contributed by atoms with Crippen LogP contribution in [0.5, 0.6) is 0 Å². The summed E-state index contributed by atoms with van der Waals surface area (Å²) in [6, 6.07) is 1.86. The van der Waals surface area contributed by atoms with Crippen LogP contribution in [0.1, 0.15) is 19.8 Å². The van der Waals surface area contributed by atoms with Gasteiger partial charge in [0.25, 0.3) is 0 Å². The Morgan fingerprint density at radius 2 is 2.28 bits per heavy atom. The van der Waals surface area contributed by atoms with Crippen LogP contribution in [0.3, 0.4) is 0 Å². The highest BCUT2D eigenvalue weighted by Gasteiger charge is 2.07. The van der Waals surface area contributed by atoms with Crippen LogP contribution in [0.15, 0.2) is 12.3 Å². The molecule has 0 aliphatic rings. The summed E-state index contributed by atoms with van der Waals surface area (Å²) in [5.74, 6) is 1.42. The lowest BCUT2D eigenvalue weighted by molar-refractivity contribution is 0.301. The van der Waals surface area contributed by atoms with E-state index >= 15 is 0 Å². The monoisotopic (exact) mass is 253 g/mol. The molecule has 18 heavy (non-hydrogen) atoms. The number of rotatable bonds is 9. The fourth-order valence-corrected chi connectivity index (χ4v) is 1.61. The van der Waals surface area contributed by atoms with Crippen LogP contribution in [0.4, 0.5) is 11.8 Å². The standard InChI is InChI=1S/C12H23N5O/c1-2-3-8-17(9-10-18)11-4-6-14-12(16-11)15-7-5-13/h4,6,18H,2-3,5,7-10,13H2,1H3,(H,14,15,16). The Morgan fingerprint density at radius 1 is 1.44 bits per heavy atom. The fraction of sp³-hybridized carbons (Fsp3) is 0.667. The van der Waals surface area contributed by atoms with Crippen molar-refractivity contribution in [2.24, 2.45) is 5.73 Å². The topological polar surface area (TPSA) is 87.3 Å². The first-order valence-electron chi connectivity index (χ1n) is 6.44. The van der Waals surface area contributed by atoms with E-state index in [0.29, 0.717) is 25.6 Å². The molecule has 102 valence electrons. The average Bonchev–Trinajstić information content (AvgIpc) is 2.41. The van der Waals surface area contributed by atoms with Crippen molar-refractivity contribution in [3.8, 4) is 0 Å². The van der Waals surface area contributed by atoms with Crippen LogP contribution in [0, 0.1) is 0 Å². The highest BCUT2D eigenvalue weighted by Crippen LogP contribution is 2.12. The zero-order valence-electron chi connectivity index (χ0n) is 11.0. The molecule has 1 heterocycles. The third kappa shape index (κ3) is 4.85. The molecule has 0 aromatic carbocycles. The Kier molecular flexibility index (Phi) is 7.05. The van der Waals surface area contributed by atoms with Crippen LogP contribution in [0.2, 0.25) is 0 Å². The SMILES string of the molecule is CCCCN(CCO)c1ccnc(NCCN)n1. The van der Waals surface area contributed by atoms with Crippen LogP contribution in [0.25, 0.3) is 0 Å². The number of hydrogen-bond acceptors (Lipinski definition) is 6. The molecular weight excluding hydrogens is 230 g/mol. The van der Waals surface area contributed by atoms with Crippen molar-refractivity contribution in [1.82, 2.24) is 9.97 Å². The van der Waals surface area contributed by atoms with Gasteiger partial charge in [-0.15, -0.1) is 0 Å². The van der Waals surface area contributed by atoms with E-state index in [1.165, 1.54) is 0 Å². The van der Waals surface area contributed by atoms with E-state index in [9.17, 15) is 0 Å². The van der Waals surface area contributed by atoms with Crippen LogP contribution >= 0.6 is 0 Å². The number of anilines is 2. The summed E-state index contributed by atoms with van der Waals surface area (Å²) in [5.41, 5.74) is 5.43. The summed E-state index contributed by atoms with van der Waals surface area (Å²) < 4.78 is 0. The largest absolute Gasteiger partial charge is 0.395 e. The third-order valence-corrected chi connectivity index (χ3v) is 2.54. The molecule has 1 aromatic heterocycles. The van der Waals surface area contributed by atoms with Gasteiger partial charge in [0.2, 0.25) is 5.95 Å². The first-order chi connectivity index (χ1) is 8.81. The Hall–Kier alpha value is -1.40. The molecular formula is C12H23N5O. The average molecular weight is 253 g/mol. The molecule has 1 rings (SSSR count). The molecule has 0 aliphatic carbocycles. The van der Waals surface area contributed by atoms with Gasteiger partial charge in [-0.2, -0.15) is 4.98 Å². The van der Waals surface area contributed by atoms with E-state index in [4.69, 9.17) is 10.8 Å². The van der Waals surface area contributed by atoms with Crippen molar-refractivity contribution >= 4 is 11.8 Å². The Labute approximate surface area is 108 Å². The number of aliphatic hydroxyl groups is 1. The van der Waals surface area contributed by atoms with Crippen molar-refractivity contribution in [1.29, 1.82) is 0 Å². The number of nitrogens with two attached hydrogens (primary N) is 1. The lowest BCUT2D eigenvalue weighted by Crippen LogP contribution is -2.29. The van der Waals surface area contributed by atoms with Gasteiger partial charge in [0, 0.05) is 32.4 Å². The molecule has 0 atom stereocenters. The van der Waals surface area contributed by atoms with Gasteiger partial charge in [-0.3, -0.25) is 0 Å². The van der Waals surface area contributed by atoms with Gasteiger partial charge in [-0.05, 0) is 12.5 Å². The van der Waals surface area contributed by atoms with Gasteiger partial charge in [-0.25, -0.2) is 4.98 Å². The van der Waals surface area contributed by atoms with E-state index in [2.05, 4.69) is 27.1 Å². The lowest BCUT2D eigenvalue weighted by atomic mass is 10.3. The molecule has 0 spiro atoms. The minimum absolute atomic E-state index is 0.124. The maximum atomic E-state index is 9.09. The quantitative estimate of drug-likeness (QED) is 0.592. The first-order valence-corrected chi connectivity index (χ1v) is 6.44. The third-order valence-electron chi connectivity index (χ3n) is 2.54. The van der Waals surface area contributed by atoms with Crippen molar-refractivity contribution in [2.45, 2.75) is 19.8 Å². The molecule has 0 bridgehead atoms. The number of aliphatic hydroxyl groups excluding tert-OH is 1. The smallest absolute Gasteiger partial charge is 0.224 e. The summed E-state index contributed by atoms with van der Waals surface area (Å²) in [5, 5.41) is 12.1.